The maximum absolute atomic E-state index is 14.3. The van der Waals surface area contributed by atoms with Crippen LogP contribution < -0.4 is 0 Å². The molecule has 0 spiro atoms. The molecular weight excluding hydrogens is 457 g/mol. The Bertz CT molecular complexity index is 1190. The zero-order valence-electron chi connectivity index (χ0n) is 15.5. The number of fused-ring (bicyclic) bond motifs is 3. The Hall–Kier alpha value is -2.02. The maximum Gasteiger partial charge on any atom is 0.167 e. The highest BCUT2D eigenvalue weighted by Gasteiger charge is 2.31. The quantitative estimate of drug-likeness (QED) is 0.334. The lowest BCUT2D eigenvalue weighted by molar-refractivity contribution is 0.0552. The summed E-state index contributed by atoms with van der Waals surface area (Å²) in [5.74, 6) is -0.181. The van der Waals surface area contributed by atoms with Gasteiger partial charge in [0.25, 0.3) is 0 Å². The van der Waals surface area contributed by atoms with Crippen LogP contribution in [0.2, 0.25) is 5.15 Å². The summed E-state index contributed by atoms with van der Waals surface area (Å²) >= 11 is 9.64. The molecule has 1 fully saturated rings. The van der Waals surface area contributed by atoms with Gasteiger partial charge in [0.1, 0.15) is 5.65 Å². The third-order valence-corrected chi connectivity index (χ3v) is 6.32. The predicted molar refractivity (Wildman–Crippen MR) is 116 cm³/mol. The van der Waals surface area contributed by atoms with Crippen molar-refractivity contribution >= 4 is 49.6 Å². The predicted octanol–water partition coefficient (Wildman–Crippen LogP) is 6.16. The molecule has 0 radical (unpaired) electrons. The zero-order chi connectivity index (χ0) is 20.0. The van der Waals surface area contributed by atoms with Gasteiger partial charge in [-0.15, -0.1) is 0 Å². The molecule has 3 aromatic heterocycles. The molecule has 4 nitrogen and oxygen atoms in total. The van der Waals surface area contributed by atoms with E-state index in [1.165, 1.54) is 11.6 Å². The van der Waals surface area contributed by atoms with Crippen molar-refractivity contribution in [1.29, 1.82) is 0 Å². The molecule has 4 heterocycles. The first kappa shape index (κ1) is 19.0. The van der Waals surface area contributed by atoms with Crippen LogP contribution in [0.3, 0.4) is 0 Å². The van der Waals surface area contributed by atoms with E-state index in [-0.39, 0.29) is 11.2 Å². The number of halogens is 3. The molecule has 0 unspecified atom stereocenters. The van der Waals surface area contributed by atoms with E-state index in [0.717, 1.165) is 41.6 Å². The van der Waals surface area contributed by atoms with E-state index in [0.29, 0.717) is 17.0 Å². The van der Waals surface area contributed by atoms with E-state index < -0.39 is 5.82 Å². The molecule has 148 valence electrons. The van der Waals surface area contributed by atoms with Crippen molar-refractivity contribution < 1.29 is 9.13 Å². The monoisotopic (exact) mass is 473 g/mol. The Morgan fingerprint density at radius 2 is 1.93 bits per heavy atom. The van der Waals surface area contributed by atoms with E-state index in [2.05, 4.69) is 42.6 Å². The van der Waals surface area contributed by atoms with Gasteiger partial charge >= 0.3 is 0 Å². The van der Waals surface area contributed by atoms with E-state index in [4.69, 9.17) is 16.3 Å². The lowest BCUT2D eigenvalue weighted by Gasteiger charge is -2.32. The second-order valence-corrected chi connectivity index (χ2v) is 8.60. The SMILES string of the molecule is Fc1cc2c3ncc(Br)cc3n([C@H](c3ccccc3)C3CCOCC3)c2nc1Cl. The molecule has 0 saturated carbocycles. The van der Waals surface area contributed by atoms with Crippen molar-refractivity contribution in [2.24, 2.45) is 5.92 Å². The molecule has 1 aromatic carbocycles. The number of hydrogen-bond acceptors (Lipinski definition) is 3. The number of pyridine rings is 2. The van der Waals surface area contributed by atoms with Crippen LogP contribution in [-0.4, -0.2) is 27.7 Å². The van der Waals surface area contributed by atoms with Gasteiger partial charge in [0.15, 0.2) is 11.0 Å². The van der Waals surface area contributed by atoms with Crippen molar-refractivity contribution in [2.75, 3.05) is 13.2 Å². The van der Waals surface area contributed by atoms with Gasteiger partial charge < -0.3 is 9.30 Å². The minimum atomic E-state index is -0.537. The third-order valence-electron chi connectivity index (χ3n) is 5.62. The molecule has 4 aromatic rings. The van der Waals surface area contributed by atoms with Crippen LogP contribution in [0.1, 0.15) is 24.4 Å². The first-order valence-electron chi connectivity index (χ1n) is 9.57. The largest absolute Gasteiger partial charge is 0.381 e. The second-order valence-electron chi connectivity index (χ2n) is 7.33. The molecule has 7 heteroatoms. The molecule has 0 bridgehead atoms. The Balaban J connectivity index is 1.85. The highest BCUT2D eigenvalue weighted by molar-refractivity contribution is 9.10. The third kappa shape index (κ3) is 3.33. The van der Waals surface area contributed by atoms with Crippen LogP contribution in [0, 0.1) is 11.7 Å². The summed E-state index contributed by atoms with van der Waals surface area (Å²) in [6.07, 6.45) is 3.61. The smallest absolute Gasteiger partial charge is 0.167 e. The highest BCUT2D eigenvalue weighted by atomic mass is 79.9. The first-order chi connectivity index (χ1) is 14.1. The Morgan fingerprint density at radius 3 is 2.69 bits per heavy atom. The molecule has 0 aliphatic carbocycles. The molecule has 0 N–H and O–H groups in total. The summed E-state index contributed by atoms with van der Waals surface area (Å²) in [6.45, 7) is 1.46. The summed E-state index contributed by atoms with van der Waals surface area (Å²) in [5, 5.41) is 0.543. The molecule has 1 atom stereocenters. The molecule has 0 amide bonds. The van der Waals surface area contributed by atoms with Crippen LogP contribution in [0.15, 0.2) is 53.1 Å². The molecular formula is C22H18BrClFN3O. The van der Waals surface area contributed by atoms with Crippen molar-refractivity contribution in [2.45, 2.75) is 18.9 Å². The number of hydrogen-bond donors (Lipinski definition) is 0. The average molecular weight is 475 g/mol. The average Bonchev–Trinajstić information content (AvgIpc) is 3.03. The van der Waals surface area contributed by atoms with Crippen molar-refractivity contribution in [3.63, 3.8) is 0 Å². The molecule has 29 heavy (non-hydrogen) atoms. The minimum absolute atomic E-state index is 0.0187. The molecule has 1 saturated heterocycles. The van der Waals surface area contributed by atoms with Crippen LogP contribution in [0.5, 0.6) is 0 Å². The zero-order valence-corrected chi connectivity index (χ0v) is 17.8. The fraction of sp³-hybridized carbons (Fsp3) is 0.273. The minimum Gasteiger partial charge on any atom is -0.381 e. The van der Waals surface area contributed by atoms with Crippen LogP contribution in [0.25, 0.3) is 22.1 Å². The Kier molecular flexibility index (Phi) is 5.02. The Labute approximate surface area is 180 Å². The van der Waals surface area contributed by atoms with Crippen LogP contribution >= 0.6 is 27.5 Å². The van der Waals surface area contributed by atoms with Gasteiger partial charge in [0.2, 0.25) is 0 Å². The second kappa shape index (κ2) is 7.67. The van der Waals surface area contributed by atoms with Crippen molar-refractivity contribution in [3.8, 4) is 0 Å². The molecule has 1 aliphatic rings. The number of benzene rings is 1. The standard InChI is InChI=1S/C22H18BrClFN3O/c23-15-10-18-19(26-12-15)16-11-17(25)21(24)27-22(16)28(18)20(13-4-2-1-3-5-13)14-6-8-29-9-7-14/h1-5,10-12,14,20H,6-9H2/t20-/m1/s1. The highest BCUT2D eigenvalue weighted by Crippen LogP contribution is 2.40. The molecule has 1 aliphatic heterocycles. The van der Waals surface area contributed by atoms with Crippen LogP contribution in [0.4, 0.5) is 4.39 Å². The lowest BCUT2D eigenvalue weighted by Crippen LogP contribution is -2.27. The lowest BCUT2D eigenvalue weighted by atomic mass is 9.86. The summed E-state index contributed by atoms with van der Waals surface area (Å²) in [6, 6.07) is 13.8. The van der Waals surface area contributed by atoms with Gasteiger partial charge in [-0.05, 0) is 52.4 Å². The number of rotatable bonds is 3. The number of ether oxygens (including phenoxy) is 1. The van der Waals surface area contributed by atoms with E-state index >= 15 is 0 Å². The number of aromatic nitrogens is 3. The summed E-state index contributed by atoms with van der Waals surface area (Å²) < 4.78 is 22.9. The van der Waals surface area contributed by atoms with E-state index in [1.807, 2.05) is 24.3 Å². The molecule has 5 rings (SSSR count). The van der Waals surface area contributed by atoms with E-state index in [9.17, 15) is 4.39 Å². The van der Waals surface area contributed by atoms with Gasteiger partial charge in [-0.3, -0.25) is 4.98 Å². The summed E-state index contributed by atoms with van der Waals surface area (Å²) in [4.78, 5) is 9.03. The van der Waals surface area contributed by atoms with Gasteiger partial charge in [-0.25, -0.2) is 9.37 Å². The summed E-state index contributed by atoms with van der Waals surface area (Å²) in [5.41, 5.74) is 3.46. The fourth-order valence-corrected chi connectivity index (χ4v) is 4.80. The summed E-state index contributed by atoms with van der Waals surface area (Å²) in [7, 11) is 0. The topological polar surface area (TPSA) is 39.9 Å². The normalized spacial score (nSPS) is 16.5. The van der Waals surface area contributed by atoms with Crippen molar-refractivity contribution in [1.82, 2.24) is 14.5 Å². The maximum atomic E-state index is 14.3. The van der Waals surface area contributed by atoms with Crippen LogP contribution in [-0.2, 0) is 4.74 Å². The van der Waals surface area contributed by atoms with Gasteiger partial charge in [0, 0.05) is 29.3 Å². The fourth-order valence-electron chi connectivity index (χ4n) is 4.34. The first-order valence-corrected chi connectivity index (χ1v) is 10.7. The van der Waals surface area contributed by atoms with Gasteiger partial charge in [-0.1, -0.05) is 41.9 Å². The Morgan fingerprint density at radius 1 is 1.17 bits per heavy atom. The van der Waals surface area contributed by atoms with E-state index in [1.54, 1.807) is 6.20 Å². The van der Waals surface area contributed by atoms with Gasteiger partial charge in [-0.2, -0.15) is 0 Å². The number of nitrogens with zero attached hydrogens (tertiary/aromatic N) is 3. The van der Waals surface area contributed by atoms with Crippen molar-refractivity contribution in [3.05, 3.63) is 69.7 Å². The van der Waals surface area contributed by atoms with Gasteiger partial charge in [0.05, 0.1) is 17.1 Å².